The van der Waals surface area contributed by atoms with Gasteiger partial charge in [0.15, 0.2) is 5.78 Å². The molecule has 0 saturated carbocycles. The molecule has 1 N–H and O–H groups in total. The highest BCUT2D eigenvalue weighted by molar-refractivity contribution is 5.94. The Kier molecular flexibility index (Phi) is 5.76. The lowest BCUT2D eigenvalue weighted by Crippen LogP contribution is -2.37. The van der Waals surface area contributed by atoms with Crippen molar-refractivity contribution in [2.45, 2.75) is 32.6 Å². The van der Waals surface area contributed by atoms with Gasteiger partial charge in [0.25, 0.3) is 0 Å². The van der Waals surface area contributed by atoms with E-state index in [1.54, 1.807) is 6.20 Å². The standard InChI is InChI=1S/C20H26N4O/c1-15-19(16(2)25)13-22-20(23-15)21-10-12-24-11-6-9-18(14-24)17-7-4-3-5-8-17/h3-5,7-8,13,18H,6,9-12,14H2,1-2H3,(H,21,22,23)/t18-/m0/s1. The van der Waals surface area contributed by atoms with Crippen LogP contribution in [0.3, 0.4) is 0 Å². The topological polar surface area (TPSA) is 58.1 Å². The number of likely N-dealkylation sites (tertiary alicyclic amines) is 1. The summed E-state index contributed by atoms with van der Waals surface area (Å²) < 4.78 is 0. The number of anilines is 1. The summed E-state index contributed by atoms with van der Waals surface area (Å²) in [6, 6.07) is 10.8. The Hall–Kier alpha value is -2.27. The summed E-state index contributed by atoms with van der Waals surface area (Å²) in [6.45, 7) is 7.42. The average Bonchev–Trinajstić information content (AvgIpc) is 2.62. The Balaban J connectivity index is 1.50. The highest BCUT2D eigenvalue weighted by atomic mass is 16.1. The first-order valence-electron chi connectivity index (χ1n) is 8.99. The van der Waals surface area contributed by atoms with Crippen molar-refractivity contribution in [3.05, 3.63) is 53.3 Å². The Morgan fingerprint density at radius 2 is 2.12 bits per heavy atom. The lowest BCUT2D eigenvalue weighted by Gasteiger charge is -2.33. The number of nitrogens with one attached hydrogen (secondary N) is 1. The van der Waals surface area contributed by atoms with Crippen LogP contribution < -0.4 is 5.32 Å². The molecule has 1 aromatic heterocycles. The Morgan fingerprint density at radius 3 is 2.84 bits per heavy atom. The number of ketones is 1. The number of benzene rings is 1. The fourth-order valence-electron chi connectivity index (χ4n) is 3.48. The molecule has 132 valence electrons. The third-order valence-corrected chi connectivity index (χ3v) is 4.85. The number of carbonyl (C=O) groups is 1. The van der Waals surface area contributed by atoms with Gasteiger partial charge in [-0.3, -0.25) is 4.79 Å². The molecule has 2 heterocycles. The molecule has 2 aromatic rings. The van der Waals surface area contributed by atoms with Crippen molar-refractivity contribution in [1.29, 1.82) is 0 Å². The summed E-state index contributed by atoms with van der Waals surface area (Å²) >= 11 is 0. The maximum Gasteiger partial charge on any atom is 0.222 e. The van der Waals surface area contributed by atoms with Crippen molar-refractivity contribution < 1.29 is 4.79 Å². The number of aromatic nitrogens is 2. The molecule has 5 nitrogen and oxygen atoms in total. The molecule has 1 aliphatic heterocycles. The molecular weight excluding hydrogens is 312 g/mol. The normalized spacial score (nSPS) is 18.1. The average molecular weight is 338 g/mol. The highest BCUT2D eigenvalue weighted by Crippen LogP contribution is 2.26. The van der Waals surface area contributed by atoms with Gasteiger partial charge in [0, 0.05) is 25.8 Å². The molecule has 1 atom stereocenters. The van der Waals surface area contributed by atoms with Gasteiger partial charge in [0.2, 0.25) is 5.95 Å². The van der Waals surface area contributed by atoms with Crippen molar-refractivity contribution in [3.63, 3.8) is 0 Å². The van der Waals surface area contributed by atoms with Crippen molar-refractivity contribution in [2.24, 2.45) is 0 Å². The van der Waals surface area contributed by atoms with Crippen LogP contribution in [0.4, 0.5) is 5.95 Å². The molecule has 1 aromatic carbocycles. The number of hydrogen-bond donors (Lipinski definition) is 1. The minimum absolute atomic E-state index is 0.00400. The van der Waals surface area contributed by atoms with Crippen LogP contribution in [0.5, 0.6) is 0 Å². The number of nitrogens with zero attached hydrogens (tertiary/aromatic N) is 3. The van der Waals surface area contributed by atoms with E-state index in [4.69, 9.17) is 0 Å². The fourth-order valence-corrected chi connectivity index (χ4v) is 3.48. The van der Waals surface area contributed by atoms with Gasteiger partial charge >= 0.3 is 0 Å². The third-order valence-electron chi connectivity index (χ3n) is 4.85. The molecule has 25 heavy (non-hydrogen) atoms. The van der Waals surface area contributed by atoms with E-state index in [1.807, 2.05) is 6.92 Å². The number of rotatable bonds is 6. The molecule has 1 saturated heterocycles. The van der Waals surface area contributed by atoms with Gasteiger partial charge in [-0.2, -0.15) is 0 Å². The number of hydrogen-bond acceptors (Lipinski definition) is 5. The van der Waals surface area contributed by atoms with Crippen LogP contribution in [0.1, 0.15) is 47.3 Å². The maximum absolute atomic E-state index is 11.4. The Morgan fingerprint density at radius 1 is 1.32 bits per heavy atom. The minimum atomic E-state index is 0.00400. The predicted molar refractivity (Wildman–Crippen MR) is 100 cm³/mol. The summed E-state index contributed by atoms with van der Waals surface area (Å²) in [7, 11) is 0. The first-order valence-corrected chi connectivity index (χ1v) is 8.99. The Bertz CT molecular complexity index is 717. The minimum Gasteiger partial charge on any atom is -0.353 e. The van der Waals surface area contributed by atoms with Gasteiger partial charge in [-0.1, -0.05) is 30.3 Å². The maximum atomic E-state index is 11.4. The predicted octanol–water partition coefficient (Wildman–Crippen LogP) is 3.28. The zero-order chi connectivity index (χ0) is 17.6. The highest BCUT2D eigenvalue weighted by Gasteiger charge is 2.20. The van der Waals surface area contributed by atoms with Gasteiger partial charge in [-0.05, 0) is 44.7 Å². The lowest BCUT2D eigenvalue weighted by atomic mass is 9.91. The van der Waals surface area contributed by atoms with Crippen LogP contribution >= 0.6 is 0 Å². The second kappa shape index (κ2) is 8.21. The third kappa shape index (κ3) is 4.63. The van der Waals surface area contributed by atoms with E-state index in [0.717, 1.165) is 31.9 Å². The SMILES string of the molecule is CC(=O)c1cnc(NCCN2CCC[C@H](c3ccccc3)C2)nc1C. The number of carbonyl (C=O) groups excluding carboxylic acids is 1. The molecule has 0 amide bonds. The molecule has 5 heteroatoms. The van der Waals surface area contributed by atoms with Crippen molar-refractivity contribution in [3.8, 4) is 0 Å². The first-order chi connectivity index (χ1) is 12.1. The number of Topliss-reactive ketones (excluding diaryl/α,β-unsaturated/α-hetero) is 1. The zero-order valence-corrected chi connectivity index (χ0v) is 15.0. The summed E-state index contributed by atoms with van der Waals surface area (Å²) in [5.74, 6) is 1.23. The lowest BCUT2D eigenvalue weighted by molar-refractivity contribution is 0.101. The molecule has 0 spiro atoms. The fraction of sp³-hybridized carbons (Fsp3) is 0.450. The van der Waals surface area contributed by atoms with Crippen LogP contribution in [0, 0.1) is 6.92 Å². The molecule has 0 bridgehead atoms. The van der Waals surface area contributed by atoms with Crippen LogP contribution in [-0.4, -0.2) is 46.8 Å². The molecule has 0 aliphatic carbocycles. The van der Waals surface area contributed by atoms with Crippen molar-refractivity contribution in [1.82, 2.24) is 14.9 Å². The van der Waals surface area contributed by atoms with E-state index in [1.165, 1.54) is 25.3 Å². The molecule has 1 fully saturated rings. The van der Waals surface area contributed by atoms with E-state index in [2.05, 4.69) is 50.5 Å². The van der Waals surface area contributed by atoms with Crippen LogP contribution in [0.25, 0.3) is 0 Å². The summed E-state index contributed by atoms with van der Waals surface area (Å²) in [4.78, 5) is 22.6. The monoisotopic (exact) mass is 338 g/mol. The Labute approximate surface area is 149 Å². The second-order valence-corrected chi connectivity index (χ2v) is 6.73. The quantitative estimate of drug-likeness (QED) is 0.819. The second-order valence-electron chi connectivity index (χ2n) is 6.73. The van der Waals surface area contributed by atoms with Gasteiger partial charge in [-0.15, -0.1) is 0 Å². The molecule has 0 unspecified atom stereocenters. The zero-order valence-electron chi connectivity index (χ0n) is 15.0. The van der Waals surface area contributed by atoms with E-state index in [9.17, 15) is 4.79 Å². The smallest absolute Gasteiger partial charge is 0.222 e. The van der Waals surface area contributed by atoms with Gasteiger partial charge < -0.3 is 10.2 Å². The number of piperidine rings is 1. The van der Waals surface area contributed by atoms with E-state index in [-0.39, 0.29) is 5.78 Å². The molecule has 0 radical (unpaired) electrons. The van der Waals surface area contributed by atoms with Crippen molar-refractivity contribution >= 4 is 11.7 Å². The molecule has 1 aliphatic rings. The van der Waals surface area contributed by atoms with Crippen LogP contribution in [-0.2, 0) is 0 Å². The van der Waals surface area contributed by atoms with Gasteiger partial charge in [0.1, 0.15) is 0 Å². The number of aryl methyl sites for hydroxylation is 1. The summed E-state index contributed by atoms with van der Waals surface area (Å²) in [5.41, 5.74) is 2.76. The largest absolute Gasteiger partial charge is 0.353 e. The van der Waals surface area contributed by atoms with Crippen LogP contribution in [0.2, 0.25) is 0 Å². The van der Waals surface area contributed by atoms with Gasteiger partial charge in [-0.25, -0.2) is 9.97 Å². The summed E-state index contributed by atoms with van der Waals surface area (Å²) in [6.07, 6.45) is 4.12. The van der Waals surface area contributed by atoms with E-state index in [0.29, 0.717) is 17.4 Å². The molecular formula is C20H26N4O. The van der Waals surface area contributed by atoms with Crippen molar-refractivity contribution in [2.75, 3.05) is 31.5 Å². The van der Waals surface area contributed by atoms with E-state index >= 15 is 0 Å². The van der Waals surface area contributed by atoms with E-state index < -0.39 is 0 Å². The van der Waals surface area contributed by atoms with Crippen LogP contribution in [0.15, 0.2) is 36.5 Å². The first kappa shape index (κ1) is 17.5. The summed E-state index contributed by atoms with van der Waals surface area (Å²) in [5, 5.41) is 3.28. The molecule has 3 rings (SSSR count). The van der Waals surface area contributed by atoms with Gasteiger partial charge in [0.05, 0.1) is 11.3 Å².